The Bertz CT molecular complexity index is 657. The van der Waals surface area contributed by atoms with E-state index >= 15 is 0 Å². The maximum atomic E-state index is 12.9. The van der Waals surface area contributed by atoms with E-state index in [4.69, 9.17) is 0 Å². The Morgan fingerprint density at radius 3 is 2.48 bits per heavy atom. The summed E-state index contributed by atoms with van der Waals surface area (Å²) in [4.78, 5) is 27.7. The summed E-state index contributed by atoms with van der Waals surface area (Å²) >= 11 is 0. The van der Waals surface area contributed by atoms with Gasteiger partial charge >= 0.3 is 6.18 Å². The van der Waals surface area contributed by atoms with Crippen LogP contribution in [0.1, 0.15) is 24.8 Å². The first-order chi connectivity index (χ1) is 11.8. The average Bonchev–Trinajstić information content (AvgIpc) is 2.96. The van der Waals surface area contributed by atoms with Crippen LogP contribution in [0.2, 0.25) is 0 Å². The normalized spacial score (nSPS) is 24.7. The number of nitrogens with zero attached hydrogens (tertiary/aromatic N) is 2. The van der Waals surface area contributed by atoms with E-state index in [1.807, 2.05) is 31.2 Å². The molecule has 0 radical (unpaired) electrons. The molecule has 0 aliphatic carbocycles. The van der Waals surface area contributed by atoms with E-state index in [2.05, 4.69) is 0 Å². The van der Waals surface area contributed by atoms with Crippen LogP contribution in [0.25, 0.3) is 0 Å². The van der Waals surface area contributed by atoms with Crippen LogP contribution >= 0.6 is 0 Å². The molecule has 1 aromatic carbocycles. The summed E-state index contributed by atoms with van der Waals surface area (Å²) in [5, 5.41) is 0. The van der Waals surface area contributed by atoms with E-state index in [1.165, 1.54) is 4.90 Å². The van der Waals surface area contributed by atoms with Crippen molar-refractivity contribution in [2.24, 2.45) is 11.8 Å². The number of anilines is 1. The van der Waals surface area contributed by atoms with Crippen LogP contribution < -0.4 is 4.90 Å². The fraction of sp³-hybridized carbons (Fsp3) is 0.556. The summed E-state index contributed by atoms with van der Waals surface area (Å²) in [6.45, 7) is 2.21. The van der Waals surface area contributed by atoms with Gasteiger partial charge in [-0.15, -0.1) is 0 Å². The molecule has 0 bridgehead atoms. The monoisotopic (exact) mass is 354 g/mol. The first kappa shape index (κ1) is 17.8. The molecule has 2 saturated heterocycles. The van der Waals surface area contributed by atoms with Gasteiger partial charge in [-0.25, -0.2) is 0 Å². The number of likely N-dealkylation sites (tertiary alicyclic amines) is 1. The van der Waals surface area contributed by atoms with Crippen molar-refractivity contribution in [1.29, 1.82) is 0 Å². The molecule has 0 spiro atoms. The lowest BCUT2D eigenvalue weighted by atomic mass is 9.96. The highest BCUT2D eigenvalue weighted by Crippen LogP contribution is 2.34. The fourth-order valence-electron chi connectivity index (χ4n) is 3.55. The number of carbonyl (C=O) groups is 2. The van der Waals surface area contributed by atoms with Gasteiger partial charge in [-0.1, -0.05) is 17.7 Å². The minimum absolute atomic E-state index is 0.0555. The van der Waals surface area contributed by atoms with Gasteiger partial charge in [0, 0.05) is 31.7 Å². The van der Waals surface area contributed by atoms with Crippen molar-refractivity contribution >= 4 is 17.5 Å². The Kier molecular flexibility index (Phi) is 4.75. The summed E-state index contributed by atoms with van der Waals surface area (Å²) in [7, 11) is 0. The Morgan fingerprint density at radius 2 is 1.84 bits per heavy atom. The number of rotatable bonds is 2. The highest BCUT2D eigenvalue weighted by Gasteiger charge is 2.44. The lowest BCUT2D eigenvalue weighted by molar-refractivity contribution is -0.188. The Labute approximate surface area is 144 Å². The SMILES string of the molecule is Cc1ccc(N2C[C@H](C(=O)N3CCC[C@H](C(F)(F)F)C3)CC2=O)cc1. The van der Waals surface area contributed by atoms with Crippen molar-refractivity contribution < 1.29 is 22.8 Å². The van der Waals surface area contributed by atoms with Crippen LogP contribution in [0.4, 0.5) is 18.9 Å². The fourth-order valence-corrected chi connectivity index (χ4v) is 3.55. The minimum atomic E-state index is -4.28. The summed E-state index contributed by atoms with van der Waals surface area (Å²) in [5.74, 6) is -2.53. The molecule has 2 aliphatic rings. The van der Waals surface area contributed by atoms with Gasteiger partial charge in [-0.05, 0) is 31.9 Å². The van der Waals surface area contributed by atoms with Crippen LogP contribution in [0.5, 0.6) is 0 Å². The summed E-state index contributed by atoms with van der Waals surface area (Å²) in [6, 6.07) is 7.41. The van der Waals surface area contributed by atoms with Crippen molar-refractivity contribution in [3.8, 4) is 0 Å². The Hall–Kier alpha value is -2.05. The van der Waals surface area contributed by atoms with Gasteiger partial charge in [0.15, 0.2) is 0 Å². The van der Waals surface area contributed by atoms with E-state index in [-0.39, 0.29) is 37.7 Å². The quantitative estimate of drug-likeness (QED) is 0.819. The predicted molar refractivity (Wildman–Crippen MR) is 87.0 cm³/mol. The van der Waals surface area contributed by atoms with Gasteiger partial charge in [0.2, 0.25) is 11.8 Å². The van der Waals surface area contributed by atoms with Gasteiger partial charge in [-0.3, -0.25) is 9.59 Å². The van der Waals surface area contributed by atoms with Gasteiger partial charge < -0.3 is 9.80 Å². The van der Waals surface area contributed by atoms with Gasteiger partial charge in [-0.2, -0.15) is 13.2 Å². The van der Waals surface area contributed by atoms with Crippen molar-refractivity contribution in [3.05, 3.63) is 29.8 Å². The molecule has 4 nitrogen and oxygen atoms in total. The Balaban J connectivity index is 1.67. The number of hydrogen-bond acceptors (Lipinski definition) is 2. The number of amides is 2. The second-order valence-electron chi connectivity index (χ2n) is 6.91. The summed E-state index contributed by atoms with van der Waals surface area (Å²) in [5.41, 5.74) is 1.78. The number of halogens is 3. The molecule has 0 aromatic heterocycles. The summed E-state index contributed by atoms with van der Waals surface area (Å²) < 4.78 is 38.8. The predicted octanol–water partition coefficient (Wildman–Crippen LogP) is 3.15. The highest BCUT2D eigenvalue weighted by atomic mass is 19.4. The molecule has 0 N–H and O–H groups in total. The molecule has 2 atom stereocenters. The third-order valence-corrected chi connectivity index (χ3v) is 5.02. The number of benzene rings is 1. The van der Waals surface area contributed by atoms with Gasteiger partial charge in [0.25, 0.3) is 0 Å². The third-order valence-electron chi connectivity index (χ3n) is 5.02. The zero-order chi connectivity index (χ0) is 18.2. The van der Waals surface area contributed by atoms with E-state index in [0.717, 1.165) is 11.3 Å². The first-order valence-corrected chi connectivity index (χ1v) is 8.48. The van der Waals surface area contributed by atoms with Crippen molar-refractivity contribution in [3.63, 3.8) is 0 Å². The van der Waals surface area contributed by atoms with Gasteiger partial charge in [0.05, 0.1) is 11.8 Å². The standard InChI is InChI=1S/C18H21F3N2O2/c1-12-4-6-15(7-5-12)23-10-13(9-16(23)24)17(25)22-8-2-3-14(11-22)18(19,20)21/h4-7,13-14H,2-3,8-11H2,1H3/t13-,14+/m1/s1. The lowest BCUT2D eigenvalue weighted by Crippen LogP contribution is -2.47. The number of hydrogen-bond donors (Lipinski definition) is 0. The molecule has 2 amide bonds. The molecule has 7 heteroatoms. The number of carbonyl (C=O) groups excluding carboxylic acids is 2. The summed E-state index contributed by atoms with van der Waals surface area (Å²) in [6.07, 6.45) is -3.82. The average molecular weight is 354 g/mol. The minimum Gasteiger partial charge on any atom is -0.342 e. The molecule has 0 saturated carbocycles. The highest BCUT2D eigenvalue weighted by molar-refractivity contribution is 6.00. The second-order valence-corrected chi connectivity index (χ2v) is 6.91. The molecule has 2 fully saturated rings. The molecular formula is C18H21F3N2O2. The van der Waals surface area contributed by atoms with E-state index in [1.54, 1.807) is 4.90 Å². The van der Waals surface area contributed by atoms with E-state index in [0.29, 0.717) is 13.0 Å². The van der Waals surface area contributed by atoms with Gasteiger partial charge in [0.1, 0.15) is 0 Å². The Morgan fingerprint density at radius 1 is 1.16 bits per heavy atom. The van der Waals surface area contributed by atoms with E-state index in [9.17, 15) is 22.8 Å². The second kappa shape index (κ2) is 6.69. The molecule has 136 valence electrons. The van der Waals surface area contributed by atoms with Crippen molar-refractivity contribution in [1.82, 2.24) is 4.90 Å². The molecule has 2 heterocycles. The maximum absolute atomic E-state index is 12.9. The van der Waals surface area contributed by atoms with Crippen molar-refractivity contribution in [2.75, 3.05) is 24.5 Å². The zero-order valence-corrected chi connectivity index (χ0v) is 14.1. The zero-order valence-electron chi connectivity index (χ0n) is 14.1. The van der Waals surface area contributed by atoms with Crippen LogP contribution in [0, 0.1) is 18.8 Å². The van der Waals surface area contributed by atoms with E-state index < -0.39 is 18.0 Å². The van der Waals surface area contributed by atoms with Crippen molar-refractivity contribution in [2.45, 2.75) is 32.4 Å². The third kappa shape index (κ3) is 3.80. The van der Waals surface area contributed by atoms with Crippen LogP contribution in [-0.4, -0.2) is 42.5 Å². The number of piperidine rings is 1. The van der Waals surface area contributed by atoms with Crippen LogP contribution in [-0.2, 0) is 9.59 Å². The topological polar surface area (TPSA) is 40.6 Å². The van der Waals surface area contributed by atoms with Crippen LogP contribution in [0.3, 0.4) is 0 Å². The molecule has 3 rings (SSSR count). The number of alkyl halides is 3. The first-order valence-electron chi connectivity index (χ1n) is 8.48. The largest absolute Gasteiger partial charge is 0.393 e. The lowest BCUT2D eigenvalue weighted by Gasteiger charge is -2.35. The molecule has 0 unspecified atom stereocenters. The van der Waals surface area contributed by atoms with Crippen LogP contribution in [0.15, 0.2) is 24.3 Å². The molecule has 2 aliphatic heterocycles. The smallest absolute Gasteiger partial charge is 0.342 e. The molecular weight excluding hydrogens is 333 g/mol. The molecule has 25 heavy (non-hydrogen) atoms. The number of aryl methyl sites for hydroxylation is 1. The maximum Gasteiger partial charge on any atom is 0.393 e. The molecule has 1 aromatic rings.